The average molecular weight is 203 g/mol. The Kier molecular flexibility index (Phi) is 2.49. The van der Waals surface area contributed by atoms with Crippen LogP contribution in [0.25, 0.3) is 0 Å². The smallest absolute Gasteiger partial charge is 0.0379 e. The molecule has 1 unspecified atom stereocenters. The Balaban J connectivity index is 2.43. The van der Waals surface area contributed by atoms with E-state index in [4.69, 9.17) is 0 Å². The Labute approximate surface area is 92.9 Å². The molecule has 0 amide bonds. The van der Waals surface area contributed by atoms with E-state index < -0.39 is 0 Å². The van der Waals surface area contributed by atoms with Crippen LogP contribution < -0.4 is 5.32 Å². The minimum atomic E-state index is 0.225. The molecule has 1 heteroatoms. The molecular weight excluding hydrogens is 182 g/mol. The van der Waals surface area contributed by atoms with Gasteiger partial charge >= 0.3 is 0 Å². The van der Waals surface area contributed by atoms with Gasteiger partial charge in [-0.1, -0.05) is 32.0 Å². The third-order valence-electron chi connectivity index (χ3n) is 3.37. The van der Waals surface area contributed by atoms with Crippen molar-refractivity contribution in [3.63, 3.8) is 0 Å². The Morgan fingerprint density at radius 2 is 1.93 bits per heavy atom. The number of hydrogen-bond acceptors (Lipinski definition) is 1. The number of anilines is 1. The number of hydrogen-bond donors (Lipinski definition) is 1. The number of nitrogens with one attached hydrogen (secondary N) is 1. The summed E-state index contributed by atoms with van der Waals surface area (Å²) in [6.45, 7) is 9.22. The molecule has 0 aliphatic carbocycles. The molecular formula is C14H21N. The summed E-state index contributed by atoms with van der Waals surface area (Å²) in [5, 5.41) is 3.62. The molecule has 0 bridgehead atoms. The molecule has 1 aliphatic heterocycles. The Morgan fingerprint density at radius 3 is 2.60 bits per heavy atom. The highest BCUT2D eigenvalue weighted by molar-refractivity contribution is 5.57. The molecule has 15 heavy (non-hydrogen) atoms. The highest BCUT2D eigenvalue weighted by Gasteiger charge is 2.32. The van der Waals surface area contributed by atoms with Crippen LogP contribution in [0.2, 0.25) is 0 Å². The quantitative estimate of drug-likeness (QED) is 0.727. The summed E-state index contributed by atoms with van der Waals surface area (Å²) >= 11 is 0. The second-order valence-corrected chi connectivity index (χ2v) is 5.65. The largest absolute Gasteiger partial charge is 0.380 e. The van der Waals surface area contributed by atoms with Crippen LogP contribution in [0.1, 0.15) is 45.6 Å². The summed E-state index contributed by atoms with van der Waals surface area (Å²) in [7, 11) is 0. The van der Waals surface area contributed by atoms with Gasteiger partial charge in [-0.05, 0) is 43.7 Å². The van der Waals surface area contributed by atoms with E-state index in [0.717, 1.165) is 0 Å². The summed E-state index contributed by atoms with van der Waals surface area (Å²) in [5.41, 5.74) is 3.04. The van der Waals surface area contributed by atoms with E-state index in [9.17, 15) is 0 Å². The standard InChI is InChI=1S/C14H21N/c1-10(2)12-9-14(3,4)15-13-8-6-5-7-11(12)13/h5-8,10,12,15H,9H2,1-4H3. The van der Waals surface area contributed by atoms with Gasteiger partial charge in [-0.2, -0.15) is 0 Å². The van der Waals surface area contributed by atoms with Crippen LogP contribution in [0.15, 0.2) is 24.3 Å². The molecule has 1 aromatic carbocycles. The molecule has 0 radical (unpaired) electrons. The monoisotopic (exact) mass is 203 g/mol. The minimum Gasteiger partial charge on any atom is -0.380 e. The maximum absolute atomic E-state index is 3.62. The lowest BCUT2D eigenvalue weighted by Gasteiger charge is -2.40. The Morgan fingerprint density at radius 1 is 1.27 bits per heavy atom. The SMILES string of the molecule is CC(C)C1CC(C)(C)Nc2ccccc21. The molecule has 0 saturated heterocycles. The topological polar surface area (TPSA) is 12.0 Å². The van der Waals surface area contributed by atoms with Crippen molar-refractivity contribution in [2.24, 2.45) is 5.92 Å². The zero-order chi connectivity index (χ0) is 11.1. The third-order valence-corrected chi connectivity index (χ3v) is 3.37. The summed E-state index contributed by atoms with van der Waals surface area (Å²) < 4.78 is 0. The molecule has 0 spiro atoms. The van der Waals surface area contributed by atoms with Gasteiger partial charge in [0.15, 0.2) is 0 Å². The Bertz CT molecular complexity index is 352. The molecule has 82 valence electrons. The lowest BCUT2D eigenvalue weighted by atomic mass is 9.75. The molecule has 1 N–H and O–H groups in total. The van der Waals surface area contributed by atoms with E-state index in [2.05, 4.69) is 57.3 Å². The first-order chi connectivity index (χ1) is 6.99. The first-order valence-electron chi connectivity index (χ1n) is 5.87. The van der Waals surface area contributed by atoms with Crippen LogP contribution in [0, 0.1) is 5.92 Å². The number of para-hydroxylation sites is 1. The lowest BCUT2D eigenvalue weighted by Crippen LogP contribution is -2.38. The summed E-state index contributed by atoms with van der Waals surface area (Å²) in [6.07, 6.45) is 1.22. The number of fused-ring (bicyclic) bond motifs is 1. The molecule has 2 rings (SSSR count). The fourth-order valence-electron chi connectivity index (χ4n) is 2.60. The van der Waals surface area contributed by atoms with Crippen LogP contribution in [-0.4, -0.2) is 5.54 Å². The fraction of sp³-hybridized carbons (Fsp3) is 0.571. The van der Waals surface area contributed by atoms with Crippen LogP contribution in [-0.2, 0) is 0 Å². The number of benzene rings is 1. The normalized spacial score (nSPS) is 23.4. The number of rotatable bonds is 1. The van der Waals surface area contributed by atoms with E-state index in [1.165, 1.54) is 17.7 Å². The van der Waals surface area contributed by atoms with Crippen molar-refractivity contribution in [2.45, 2.75) is 45.6 Å². The predicted octanol–water partition coefficient (Wildman–Crippen LogP) is 4.02. The van der Waals surface area contributed by atoms with E-state index in [-0.39, 0.29) is 5.54 Å². The molecule has 0 saturated carbocycles. The van der Waals surface area contributed by atoms with Gasteiger partial charge in [-0.25, -0.2) is 0 Å². The molecule has 1 aromatic rings. The van der Waals surface area contributed by atoms with Gasteiger partial charge in [0.05, 0.1) is 0 Å². The lowest BCUT2D eigenvalue weighted by molar-refractivity contribution is 0.369. The first-order valence-corrected chi connectivity index (χ1v) is 5.87. The minimum absolute atomic E-state index is 0.225. The average Bonchev–Trinajstić information content (AvgIpc) is 2.14. The van der Waals surface area contributed by atoms with Crippen LogP contribution in [0.3, 0.4) is 0 Å². The third kappa shape index (κ3) is 2.01. The van der Waals surface area contributed by atoms with Crippen molar-refractivity contribution in [3.05, 3.63) is 29.8 Å². The second kappa shape index (κ2) is 3.55. The molecule has 1 heterocycles. The van der Waals surface area contributed by atoms with E-state index >= 15 is 0 Å². The van der Waals surface area contributed by atoms with Gasteiger partial charge in [-0.15, -0.1) is 0 Å². The van der Waals surface area contributed by atoms with Crippen molar-refractivity contribution in [2.75, 3.05) is 5.32 Å². The van der Waals surface area contributed by atoms with E-state index in [1.807, 2.05) is 0 Å². The molecule has 1 nitrogen and oxygen atoms in total. The zero-order valence-corrected chi connectivity index (χ0v) is 10.2. The zero-order valence-electron chi connectivity index (χ0n) is 10.2. The summed E-state index contributed by atoms with van der Waals surface area (Å²) in [4.78, 5) is 0. The Hall–Kier alpha value is -0.980. The van der Waals surface area contributed by atoms with Gasteiger partial charge in [-0.3, -0.25) is 0 Å². The van der Waals surface area contributed by atoms with Crippen LogP contribution >= 0.6 is 0 Å². The van der Waals surface area contributed by atoms with Crippen molar-refractivity contribution in [1.29, 1.82) is 0 Å². The predicted molar refractivity (Wildman–Crippen MR) is 66.3 cm³/mol. The molecule has 0 fully saturated rings. The van der Waals surface area contributed by atoms with Crippen molar-refractivity contribution >= 4 is 5.69 Å². The summed E-state index contributed by atoms with van der Waals surface area (Å²) in [6, 6.07) is 8.73. The first kappa shape index (κ1) is 10.5. The van der Waals surface area contributed by atoms with Gasteiger partial charge in [0.25, 0.3) is 0 Å². The molecule has 0 aromatic heterocycles. The summed E-state index contributed by atoms with van der Waals surface area (Å²) in [5.74, 6) is 1.41. The second-order valence-electron chi connectivity index (χ2n) is 5.65. The maximum atomic E-state index is 3.62. The highest BCUT2D eigenvalue weighted by Crippen LogP contribution is 2.42. The van der Waals surface area contributed by atoms with E-state index in [1.54, 1.807) is 0 Å². The van der Waals surface area contributed by atoms with Crippen LogP contribution in [0.4, 0.5) is 5.69 Å². The van der Waals surface area contributed by atoms with Gasteiger partial charge in [0, 0.05) is 11.2 Å². The van der Waals surface area contributed by atoms with Gasteiger partial charge < -0.3 is 5.32 Å². The molecule has 1 aliphatic rings. The molecule has 1 atom stereocenters. The highest BCUT2D eigenvalue weighted by atomic mass is 15.0. The van der Waals surface area contributed by atoms with Gasteiger partial charge in [0.2, 0.25) is 0 Å². The van der Waals surface area contributed by atoms with Crippen molar-refractivity contribution in [3.8, 4) is 0 Å². The van der Waals surface area contributed by atoms with E-state index in [0.29, 0.717) is 11.8 Å². The van der Waals surface area contributed by atoms with Crippen LogP contribution in [0.5, 0.6) is 0 Å². The van der Waals surface area contributed by atoms with Gasteiger partial charge in [0.1, 0.15) is 0 Å². The van der Waals surface area contributed by atoms with Crippen molar-refractivity contribution < 1.29 is 0 Å². The fourth-order valence-corrected chi connectivity index (χ4v) is 2.60. The van der Waals surface area contributed by atoms with Crippen molar-refractivity contribution in [1.82, 2.24) is 0 Å². The maximum Gasteiger partial charge on any atom is 0.0379 e.